The van der Waals surface area contributed by atoms with Gasteiger partial charge in [-0.1, -0.05) is 154 Å². The molecule has 123 heavy (non-hydrogen) atoms. The van der Waals surface area contributed by atoms with Crippen LogP contribution in [0.1, 0.15) is 99.3 Å². The number of carbonyl (C=O) groups is 3. The zero-order valence-corrected chi connectivity index (χ0v) is 71.0. The maximum absolute atomic E-state index is 11.8. The van der Waals surface area contributed by atoms with Crippen LogP contribution in [0.15, 0.2) is 274 Å². The number of esters is 1. The highest BCUT2D eigenvalue weighted by atomic mass is 127. The molecule has 13 heterocycles. The Morgan fingerprint density at radius 1 is 0.358 bits per heavy atom. The third-order valence-corrected chi connectivity index (χ3v) is 22.3. The molecule has 0 saturated heterocycles. The molecule has 0 bridgehead atoms. The molecule has 24 nitrogen and oxygen atoms in total. The quantitative estimate of drug-likeness (QED) is 0.0561. The number of carbonyl (C=O) groups excluding carboxylic acids is 1. The number of aromatic nitrogens is 13. The lowest BCUT2D eigenvalue weighted by Crippen LogP contribution is -2.01. The van der Waals surface area contributed by atoms with E-state index in [0.29, 0.717) is 31.1 Å². The molecule has 0 aliphatic carbocycles. The molecule has 0 unspecified atom stereocenters. The number of carboxylic acid groups (broad SMARTS) is 2. The first-order chi connectivity index (χ1) is 59.6. The summed E-state index contributed by atoms with van der Waals surface area (Å²) in [6.07, 6.45) is 15.8. The second-order valence-electron chi connectivity index (χ2n) is 29.7. The molecular weight excluding hydrogens is 1660 g/mol. The largest absolute Gasteiger partial charge is 0.481 e. The average molecular weight is 1740 g/mol. The van der Waals surface area contributed by atoms with E-state index in [-0.39, 0.29) is 17.1 Å². The first-order valence-corrected chi connectivity index (χ1v) is 40.5. The topological polar surface area (TPSA) is 298 Å². The molecule has 2 N–H and O–H groups in total. The Hall–Kier alpha value is -15.0. The lowest BCUT2D eigenvalue weighted by molar-refractivity contribution is 0.0599. The Kier molecular flexibility index (Phi) is 23.6. The van der Waals surface area contributed by atoms with Crippen molar-refractivity contribution in [1.29, 1.82) is 0 Å². The minimum absolute atomic E-state index is 0.238. The highest BCUT2D eigenvalue weighted by molar-refractivity contribution is 14.1. The summed E-state index contributed by atoms with van der Waals surface area (Å²) in [5, 5.41) is 34.8. The van der Waals surface area contributed by atoms with Crippen LogP contribution in [0, 0.1) is 59.0 Å². The van der Waals surface area contributed by atoms with Gasteiger partial charge in [0, 0.05) is 136 Å². The van der Waals surface area contributed by atoms with Crippen LogP contribution in [0.3, 0.4) is 0 Å². The Labute approximate surface area is 719 Å². The normalized spacial score (nSPS) is 11.2. The van der Waals surface area contributed by atoms with E-state index in [1.165, 1.54) is 23.8 Å². The number of pyridine rings is 5. The molecule has 0 radical (unpaired) electrons. The van der Waals surface area contributed by atoms with Crippen molar-refractivity contribution in [3.63, 3.8) is 0 Å². The molecule has 0 atom stereocenters. The van der Waals surface area contributed by atoms with E-state index in [4.69, 9.17) is 42.5 Å². The van der Waals surface area contributed by atoms with Crippen LogP contribution in [-0.2, 0) is 30.9 Å². The fourth-order valence-corrected chi connectivity index (χ4v) is 16.3. The van der Waals surface area contributed by atoms with Crippen molar-refractivity contribution in [3.8, 4) is 83.8 Å². The Balaban J connectivity index is 0.000000122. The van der Waals surface area contributed by atoms with E-state index in [1.54, 1.807) is 55.6 Å². The predicted molar refractivity (Wildman–Crippen MR) is 480 cm³/mol. The minimum atomic E-state index is -0.958. The number of rotatable bonds is 19. The molecule has 19 rings (SSSR count). The summed E-state index contributed by atoms with van der Waals surface area (Å²) in [7, 11) is 2.98. The number of carboxylic acids is 2. The summed E-state index contributed by atoms with van der Waals surface area (Å²) in [5.74, 6) is 1.39. The third kappa shape index (κ3) is 17.3. The summed E-state index contributed by atoms with van der Waals surface area (Å²) in [6, 6.07) is 66.3. The molecule has 13 aromatic heterocycles. The number of benzene rings is 6. The van der Waals surface area contributed by atoms with Crippen molar-refractivity contribution in [2.24, 2.45) is 0 Å². The highest BCUT2D eigenvalue weighted by Gasteiger charge is 2.24. The van der Waals surface area contributed by atoms with Crippen LogP contribution >= 0.6 is 22.6 Å². The fourth-order valence-electron chi connectivity index (χ4n) is 15.6. The van der Waals surface area contributed by atoms with Gasteiger partial charge in [-0.2, -0.15) is 0 Å². The second-order valence-corrected chi connectivity index (χ2v) is 30.9. The van der Waals surface area contributed by atoms with Crippen molar-refractivity contribution >= 4 is 84.6 Å². The monoisotopic (exact) mass is 1740 g/mol. The fraction of sp³-hybridized carbons (Fsp3) is 0.143. The van der Waals surface area contributed by atoms with Gasteiger partial charge in [0.15, 0.2) is 0 Å². The van der Waals surface area contributed by atoms with Crippen molar-refractivity contribution in [2.75, 3.05) is 14.2 Å². The van der Waals surface area contributed by atoms with Crippen LogP contribution in [0.25, 0.3) is 122 Å². The number of aryl methyl sites for hydroxylation is 8. The number of methoxy groups -OCH3 is 2. The van der Waals surface area contributed by atoms with Crippen molar-refractivity contribution in [1.82, 2.24) is 63.8 Å². The lowest BCUT2D eigenvalue weighted by atomic mass is 10.0. The number of nitrogens with zero attached hydrogens (tertiary/aromatic N) is 13. The van der Waals surface area contributed by atoms with E-state index >= 15 is 0 Å². The molecule has 19 aromatic rings. The minimum Gasteiger partial charge on any atom is -0.481 e. The van der Waals surface area contributed by atoms with Gasteiger partial charge in [-0.25, -0.2) is 19.4 Å². The second kappa shape index (κ2) is 35.5. The number of hydrogen-bond acceptors (Lipinski definition) is 18. The molecule has 0 saturated carbocycles. The molecule has 0 aliphatic heterocycles. The van der Waals surface area contributed by atoms with Gasteiger partial charge in [0.25, 0.3) is 0 Å². The number of hydrogen-bond donors (Lipinski definition) is 2. The van der Waals surface area contributed by atoms with Gasteiger partial charge in [0.1, 0.15) is 28.6 Å². The standard InChI is InChI=1S/C27H23N3O3.C26H22N4O4.C26H21N3O3.C19H16IN3O/c1-17-25(18(2)33-29-17)22-13-24-26(28-14-22)23(16-30(24)15-19-7-5-4-6-8-19)20-9-11-21(12-10-20)27(31)32-3;1-15-24(16(2)34-29-15)19-11-22-25(27-12-19)21(17-7-9-18(10-8-17)26(31)32)14-30(22)13-20-5-4-6-23(28-20)33-3;1-16-24(17(2)32-28-16)21-12-23-25(27-13-21)22(19-8-10-20(11-9-19)26(30)31)15-29(23)14-18-6-4-3-5-7-18;1-12-18(13(2)24-22-12)15-8-17-19(21-9-15)16(20)11-23(17)10-14-6-4-3-5-7-14/h4-14,16H,15H2,1-3H3;4-12,14H,13H2,1-3H3,(H,31,32);3-13,15H,14H2,1-2H3,(H,30,31);3-9,11H,10H2,1-2H3. The molecule has 0 amide bonds. The van der Waals surface area contributed by atoms with Crippen LogP contribution < -0.4 is 4.74 Å². The molecular formula is C98H82IN13O11. The van der Waals surface area contributed by atoms with Crippen molar-refractivity contribution < 1.29 is 52.2 Å². The summed E-state index contributed by atoms with van der Waals surface area (Å²) in [4.78, 5) is 58.1. The van der Waals surface area contributed by atoms with Gasteiger partial charge >= 0.3 is 17.9 Å². The zero-order chi connectivity index (χ0) is 85.7. The SMILES string of the molecule is COC(=O)c1ccc(-c2cn(Cc3ccccc3)c3cc(-c4c(C)noc4C)cnc23)cc1.COc1cccc(Cn2cc(-c3ccc(C(=O)O)cc3)c3ncc(-c4c(C)noc4C)cc32)n1.Cc1noc(C)c1-c1cnc2c(-c3ccc(C(=O)O)cc3)cn(Cc3ccccc3)c2c1.Cc1noc(C)c1-c1cnc2c(I)cn(Cc3ccccc3)c2c1. The van der Waals surface area contributed by atoms with Gasteiger partial charge in [-0.05, 0) is 178 Å². The van der Waals surface area contributed by atoms with Gasteiger partial charge in [0.2, 0.25) is 5.88 Å². The molecule has 0 aliphatic rings. The van der Waals surface area contributed by atoms with Crippen LogP contribution in [0.2, 0.25) is 0 Å². The van der Waals surface area contributed by atoms with E-state index < -0.39 is 11.9 Å². The summed E-state index contributed by atoms with van der Waals surface area (Å²) < 4.78 is 41.4. The average Bonchev–Trinajstić information content (AvgIpc) is 1.53. The summed E-state index contributed by atoms with van der Waals surface area (Å²) in [6.45, 7) is 18.1. The van der Waals surface area contributed by atoms with Gasteiger partial charge in [-0.3, -0.25) is 19.9 Å². The van der Waals surface area contributed by atoms with Gasteiger partial charge in [0.05, 0.1) is 108 Å². The highest BCUT2D eigenvalue weighted by Crippen LogP contribution is 2.40. The van der Waals surface area contributed by atoms with E-state index in [1.807, 2.05) is 171 Å². The first kappa shape index (κ1) is 81.7. The Morgan fingerprint density at radius 3 is 0.976 bits per heavy atom. The lowest BCUT2D eigenvalue weighted by Gasteiger charge is -2.07. The van der Waals surface area contributed by atoms with Gasteiger partial charge < -0.3 is 56.0 Å². The first-order valence-electron chi connectivity index (χ1n) is 39.5. The number of halogens is 1. The van der Waals surface area contributed by atoms with Crippen LogP contribution in [0.5, 0.6) is 5.88 Å². The maximum Gasteiger partial charge on any atom is 0.337 e. The Bertz CT molecular complexity index is 7020. The number of fused-ring (bicyclic) bond motifs is 4. The third-order valence-electron chi connectivity index (χ3n) is 21.5. The van der Waals surface area contributed by atoms with Crippen molar-refractivity contribution in [3.05, 3.63) is 344 Å². The zero-order valence-electron chi connectivity index (χ0n) is 68.8. The van der Waals surface area contributed by atoms with Gasteiger partial charge in [-0.15, -0.1) is 0 Å². The van der Waals surface area contributed by atoms with Crippen LogP contribution in [0.4, 0.5) is 0 Å². The number of ether oxygens (including phenoxy) is 2. The molecule has 612 valence electrons. The maximum atomic E-state index is 11.8. The van der Waals surface area contributed by atoms with E-state index in [0.717, 1.165) is 184 Å². The number of aromatic carboxylic acids is 2. The molecule has 0 fully saturated rings. The summed E-state index contributed by atoms with van der Waals surface area (Å²) in [5.41, 5.74) is 29.9. The van der Waals surface area contributed by atoms with E-state index in [2.05, 4.69) is 163 Å². The molecule has 25 heteroatoms. The summed E-state index contributed by atoms with van der Waals surface area (Å²) >= 11 is 2.35. The van der Waals surface area contributed by atoms with Crippen LogP contribution in [-0.4, -0.2) is 106 Å². The van der Waals surface area contributed by atoms with E-state index in [9.17, 15) is 24.6 Å². The smallest absolute Gasteiger partial charge is 0.337 e. The Morgan fingerprint density at radius 2 is 0.667 bits per heavy atom. The molecule has 0 spiro atoms. The van der Waals surface area contributed by atoms with Crippen molar-refractivity contribution in [2.45, 2.75) is 81.6 Å². The molecule has 6 aromatic carbocycles. The predicted octanol–water partition coefficient (Wildman–Crippen LogP) is 21.6.